The van der Waals surface area contributed by atoms with E-state index in [4.69, 9.17) is 18.9 Å². The number of unbranched alkanes of at least 4 members (excludes halogenated alkanes) is 23. The molecule has 0 saturated carbocycles. The maximum absolute atomic E-state index is 12.8. The van der Waals surface area contributed by atoms with Gasteiger partial charge in [-0.3, -0.25) is 14.1 Å². The molecule has 6 atom stereocenters. The summed E-state index contributed by atoms with van der Waals surface area (Å²) in [5.41, 5.74) is 0. The van der Waals surface area contributed by atoms with E-state index in [0.717, 1.165) is 38.5 Å². The summed E-state index contributed by atoms with van der Waals surface area (Å²) in [7, 11) is -4.62. The van der Waals surface area contributed by atoms with Crippen molar-refractivity contribution in [3.63, 3.8) is 0 Å². The van der Waals surface area contributed by atoms with Gasteiger partial charge in [-0.05, 0) is 77.0 Å². The number of hydrogen-bond donors (Lipinski definition) is 4. The van der Waals surface area contributed by atoms with E-state index >= 15 is 0 Å². The summed E-state index contributed by atoms with van der Waals surface area (Å²) in [4.78, 5) is 25.5. The number of ether oxygens (including phenoxy) is 4. The molecule has 4 N–H and O–H groups in total. The Hall–Kier alpha value is -2.65. The van der Waals surface area contributed by atoms with Gasteiger partial charge in [0.25, 0.3) is 10.1 Å². The molecule has 0 aromatic rings. The number of rotatable bonds is 45. The molecule has 0 aromatic carbocycles. The zero-order valence-electron chi connectivity index (χ0n) is 42.4. The molecule has 0 aliphatic carbocycles. The van der Waals surface area contributed by atoms with Crippen LogP contribution in [0, 0.1) is 0 Å². The van der Waals surface area contributed by atoms with Crippen molar-refractivity contribution >= 4 is 22.1 Å². The van der Waals surface area contributed by atoms with Gasteiger partial charge in [-0.2, -0.15) is 8.42 Å². The smallest absolute Gasteiger partial charge is 0.306 e. The minimum atomic E-state index is -4.62. The first-order valence-electron chi connectivity index (χ1n) is 26.8. The average Bonchev–Trinajstić information content (AvgIpc) is 3.31. The Labute approximate surface area is 413 Å². The van der Waals surface area contributed by atoms with Crippen LogP contribution in [0.4, 0.5) is 0 Å². The Morgan fingerprint density at radius 3 is 1.37 bits per heavy atom. The third kappa shape index (κ3) is 38.1. The Morgan fingerprint density at radius 1 is 0.500 bits per heavy atom. The van der Waals surface area contributed by atoms with Crippen LogP contribution in [-0.2, 0) is 38.7 Å². The van der Waals surface area contributed by atoms with Crippen LogP contribution in [0.2, 0.25) is 0 Å². The summed E-state index contributed by atoms with van der Waals surface area (Å²) < 4.78 is 54.1. The fourth-order valence-corrected chi connectivity index (χ4v) is 8.58. The molecule has 68 heavy (non-hydrogen) atoms. The first-order valence-corrected chi connectivity index (χ1v) is 28.5. The van der Waals surface area contributed by atoms with Crippen LogP contribution in [0.25, 0.3) is 0 Å². The maximum atomic E-state index is 12.8. The Morgan fingerprint density at radius 2 is 0.897 bits per heavy atom. The van der Waals surface area contributed by atoms with Crippen LogP contribution in [0.15, 0.2) is 60.8 Å². The molecule has 2 unspecified atom stereocenters. The lowest BCUT2D eigenvalue weighted by atomic mass is 10.00. The third-order valence-electron chi connectivity index (χ3n) is 12.0. The van der Waals surface area contributed by atoms with Crippen molar-refractivity contribution in [2.45, 2.75) is 256 Å². The summed E-state index contributed by atoms with van der Waals surface area (Å²) in [6.45, 7) is 3.71. The number of carbonyl (C=O) groups excluding carboxylic acids is 2. The third-order valence-corrected chi connectivity index (χ3v) is 12.8. The highest BCUT2D eigenvalue weighted by atomic mass is 32.2. The van der Waals surface area contributed by atoms with Crippen molar-refractivity contribution in [2.75, 3.05) is 19.0 Å². The Balaban J connectivity index is 2.40. The van der Waals surface area contributed by atoms with Gasteiger partial charge in [0.1, 0.15) is 36.8 Å². The first-order chi connectivity index (χ1) is 33.0. The average molecular weight is 981 g/mol. The van der Waals surface area contributed by atoms with Crippen LogP contribution in [0.1, 0.15) is 219 Å². The van der Waals surface area contributed by atoms with Crippen molar-refractivity contribution < 1.29 is 56.8 Å². The Bertz CT molecular complexity index is 1470. The number of hydrogen-bond acceptors (Lipinski definition) is 11. The molecular weight excluding hydrogens is 885 g/mol. The highest BCUT2D eigenvalue weighted by Crippen LogP contribution is 2.24. The second-order valence-electron chi connectivity index (χ2n) is 18.5. The van der Waals surface area contributed by atoms with E-state index in [1.54, 1.807) is 0 Å². The molecule has 0 amide bonds. The van der Waals surface area contributed by atoms with E-state index in [9.17, 15) is 37.9 Å². The minimum Gasteiger partial charge on any atom is -0.462 e. The lowest BCUT2D eigenvalue weighted by molar-refractivity contribution is -0.297. The van der Waals surface area contributed by atoms with Gasteiger partial charge in [-0.25, -0.2) is 0 Å². The summed E-state index contributed by atoms with van der Waals surface area (Å²) in [5, 5.41) is 31.0. The van der Waals surface area contributed by atoms with Crippen molar-refractivity contribution in [1.82, 2.24) is 0 Å². The maximum Gasteiger partial charge on any atom is 0.306 e. The zero-order chi connectivity index (χ0) is 49.8. The lowest BCUT2D eigenvalue weighted by Crippen LogP contribution is -2.60. The monoisotopic (exact) mass is 981 g/mol. The molecule has 394 valence electrons. The van der Waals surface area contributed by atoms with Crippen molar-refractivity contribution in [1.29, 1.82) is 0 Å². The van der Waals surface area contributed by atoms with E-state index < -0.39 is 71.2 Å². The standard InChI is InChI=1S/C55H96O12S/c1-3-5-7-9-11-13-15-17-19-21-22-23-24-25-26-28-29-31-33-35-37-39-41-43-50(56)64-45-48(46-65-55-54(60)53(59)52(58)49(67-55)47-68(61,62)63)66-51(57)44-42-40-38-36-34-32-30-27-20-18-16-14-12-10-8-6-4-2/h18,20,28-30,32,35-38,48-49,52-55,58-60H,3-17,19,21-27,31,33-34,39-47H2,1-2H3,(H,61,62,63)/b20-18+,29-28+,32-30+,37-35+,38-36+/t48-,49-,52-,53?,54?,55+/m1/s1. The van der Waals surface area contributed by atoms with Gasteiger partial charge in [-0.1, -0.05) is 190 Å². The molecule has 13 heteroatoms. The number of aliphatic hydroxyl groups is 3. The van der Waals surface area contributed by atoms with Crippen LogP contribution < -0.4 is 0 Å². The first kappa shape index (κ1) is 63.4. The molecule has 1 fully saturated rings. The molecular formula is C55H96O12S. The van der Waals surface area contributed by atoms with Gasteiger partial charge in [0.15, 0.2) is 12.4 Å². The van der Waals surface area contributed by atoms with Crippen molar-refractivity contribution in [3.8, 4) is 0 Å². The number of esters is 2. The predicted molar refractivity (Wildman–Crippen MR) is 275 cm³/mol. The summed E-state index contributed by atoms with van der Waals surface area (Å²) in [5.74, 6) is -2.11. The largest absolute Gasteiger partial charge is 0.462 e. The normalized spacial score (nSPS) is 19.6. The highest BCUT2D eigenvalue weighted by Gasteiger charge is 2.46. The van der Waals surface area contributed by atoms with E-state index in [-0.39, 0.29) is 19.4 Å². The second-order valence-corrected chi connectivity index (χ2v) is 20.0. The van der Waals surface area contributed by atoms with Crippen molar-refractivity contribution in [3.05, 3.63) is 60.8 Å². The topological polar surface area (TPSA) is 186 Å². The summed E-state index contributed by atoms with van der Waals surface area (Å²) in [6.07, 6.45) is 47.2. The van der Waals surface area contributed by atoms with E-state index in [1.165, 1.54) is 128 Å². The highest BCUT2D eigenvalue weighted by molar-refractivity contribution is 7.85. The molecule has 1 rings (SSSR count). The fraction of sp³-hybridized carbons (Fsp3) is 0.782. The van der Waals surface area contributed by atoms with Gasteiger partial charge >= 0.3 is 11.9 Å². The summed E-state index contributed by atoms with van der Waals surface area (Å²) in [6, 6.07) is 0. The second kappa shape index (κ2) is 44.3. The van der Waals surface area contributed by atoms with E-state index in [2.05, 4.69) is 62.5 Å². The molecule has 12 nitrogen and oxygen atoms in total. The minimum absolute atomic E-state index is 0.0829. The molecule has 0 bridgehead atoms. The zero-order valence-corrected chi connectivity index (χ0v) is 43.3. The molecule has 1 saturated heterocycles. The van der Waals surface area contributed by atoms with Crippen LogP contribution in [0.3, 0.4) is 0 Å². The molecule has 1 heterocycles. The lowest BCUT2D eigenvalue weighted by Gasteiger charge is -2.40. The van der Waals surface area contributed by atoms with Gasteiger partial charge in [0.2, 0.25) is 0 Å². The molecule has 0 aromatic heterocycles. The Kier molecular flexibility index (Phi) is 41.3. The van der Waals surface area contributed by atoms with Gasteiger partial charge in [0.05, 0.1) is 6.61 Å². The number of aliphatic hydroxyl groups excluding tert-OH is 3. The van der Waals surface area contributed by atoms with Crippen LogP contribution >= 0.6 is 0 Å². The van der Waals surface area contributed by atoms with Crippen LogP contribution in [-0.4, -0.2) is 96.0 Å². The number of allylic oxidation sites excluding steroid dienone is 10. The quantitative estimate of drug-likeness (QED) is 0.0196. The van der Waals surface area contributed by atoms with Gasteiger partial charge in [-0.15, -0.1) is 0 Å². The molecule has 1 aliphatic rings. The molecule has 1 aliphatic heterocycles. The van der Waals surface area contributed by atoms with Gasteiger partial charge in [0, 0.05) is 12.8 Å². The van der Waals surface area contributed by atoms with Crippen molar-refractivity contribution in [2.24, 2.45) is 0 Å². The van der Waals surface area contributed by atoms with E-state index in [0.29, 0.717) is 25.7 Å². The number of carbonyl (C=O) groups is 2. The SMILES string of the molecule is CCCCCCCC/C=C/C/C=C/C/C=C/CCCC(=O)O[C@H](COC(=O)CCC/C=C/CC/C=C/CCCCCCCCCCCCCCCC)CO[C@H]1O[C@H](CS(=O)(=O)O)[C@@H](O)C(O)C1O. The molecule has 0 spiro atoms. The fourth-order valence-electron chi connectivity index (χ4n) is 7.89. The predicted octanol–water partition coefficient (Wildman–Crippen LogP) is 12.5. The summed E-state index contributed by atoms with van der Waals surface area (Å²) >= 11 is 0. The molecule has 0 radical (unpaired) electrons. The van der Waals surface area contributed by atoms with Crippen LogP contribution in [0.5, 0.6) is 0 Å². The van der Waals surface area contributed by atoms with Gasteiger partial charge < -0.3 is 34.3 Å². The van der Waals surface area contributed by atoms with E-state index in [1.807, 2.05) is 12.2 Å².